The molecule has 8 nitrogen and oxygen atoms in total. The first-order valence-electron chi connectivity index (χ1n) is 11.2. The molecule has 0 unspecified atom stereocenters. The number of carbonyl (C=O) groups excluding carboxylic acids is 1. The number of hydrogen-bond acceptors (Lipinski definition) is 6. The van der Waals surface area contributed by atoms with Gasteiger partial charge in [-0.05, 0) is 60.7 Å². The van der Waals surface area contributed by atoms with Gasteiger partial charge in [0.05, 0.1) is 31.0 Å². The van der Waals surface area contributed by atoms with E-state index in [0.29, 0.717) is 31.1 Å². The number of fused-ring (bicyclic) bond motifs is 1. The molecule has 1 aromatic heterocycles. The fourth-order valence-corrected chi connectivity index (χ4v) is 4.19. The van der Waals surface area contributed by atoms with E-state index >= 15 is 0 Å². The van der Waals surface area contributed by atoms with Gasteiger partial charge in [-0.15, -0.1) is 0 Å². The van der Waals surface area contributed by atoms with Gasteiger partial charge in [0.15, 0.2) is 0 Å². The van der Waals surface area contributed by atoms with Crippen molar-refractivity contribution in [3.8, 4) is 28.4 Å². The smallest absolute Gasteiger partial charge is 0.231 e. The highest BCUT2D eigenvalue weighted by molar-refractivity contribution is 5.95. The van der Waals surface area contributed by atoms with Crippen LogP contribution in [0.1, 0.15) is 18.4 Å². The van der Waals surface area contributed by atoms with E-state index in [-0.39, 0.29) is 17.9 Å². The summed E-state index contributed by atoms with van der Waals surface area (Å²) in [5.74, 6) is 1.73. The highest BCUT2D eigenvalue weighted by Crippen LogP contribution is 2.34. The van der Waals surface area contributed by atoms with Crippen LogP contribution in [0.5, 0.6) is 17.2 Å². The van der Waals surface area contributed by atoms with Gasteiger partial charge in [0.1, 0.15) is 30.5 Å². The van der Waals surface area contributed by atoms with Gasteiger partial charge < -0.3 is 24.3 Å². The second-order valence-electron chi connectivity index (χ2n) is 8.32. The Morgan fingerprint density at radius 2 is 2.18 bits per heavy atom. The number of amides is 1. The van der Waals surface area contributed by atoms with Crippen LogP contribution >= 0.6 is 0 Å². The zero-order valence-corrected chi connectivity index (χ0v) is 18.5. The Labute approximate surface area is 192 Å². The molecule has 2 atom stereocenters. The zero-order valence-electron chi connectivity index (χ0n) is 18.5. The molecule has 0 saturated carbocycles. The Morgan fingerprint density at radius 3 is 2.97 bits per heavy atom. The number of ether oxygens (including phenoxy) is 4. The number of benzene rings is 2. The summed E-state index contributed by atoms with van der Waals surface area (Å²) in [4.78, 5) is 13.1. The largest absolute Gasteiger partial charge is 0.497 e. The average molecular weight is 450 g/mol. The molecule has 1 saturated heterocycles. The lowest BCUT2D eigenvalue weighted by molar-refractivity contribution is -0.121. The summed E-state index contributed by atoms with van der Waals surface area (Å²) in [6.45, 7) is 1.53. The lowest BCUT2D eigenvalue weighted by Crippen LogP contribution is -2.32. The number of nitrogens with one attached hydrogen (secondary N) is 2. The van der Waals surface area contributed by atoms with E-state index in [4.69, 9.17) is 18.9 Å². The summed E-state index contributed by atoms with van der Waals surface area (Å²) in [6, 6.07) is 11.4. The highest BCUT2D eigenvalue weighted by atomic mass is 16.5. The normalized spacial score (nSPS) is 19.4. The van der Waals surface area contributed by atoms with Gasteiger partial charge in [-0.1, -0.05) is 6.07 Å². The molecule has 1 fully saturated rings. The molecule has 8 heteroatoms. The Kier molecular flexibility index (Phi) is 6.17. The molecule has 0 spiro atoms. The minimum atomic E-state index is -0.316. The Morgan fingerprint density at radius 1 is 1.24 bits per heavy atom. The van der Waals surface area contributed by atoms with Crippen LogP contribution in [0.2, 0.25) is 0 Å². The van der Waals surface area contributed by atoms with E-state index in [1.807, 2.05) is 42.6 Å². The lowest BCUT2D eigenvalue weighted by atomic mass is 9.95. The molecular formula is C25H27N3O5. The Bertz CT molecular complexity index is 1110. The number of hydrogen-bond donors (Lipinski definition) is 2. The van der Waals surface area contributed by atoms with Crippen LogP contribution in [-0.2, 0) is 16.0 Å². The minimum absolute atomic E-state index is 0.0735. The topological polar surface area (TPSA) is 94.7 Å². The van der Waals surface area contributed by atoms with E-state index in [1.165, 1.54) is 0 Å². The number of rotatable bonds is 7. The van der Waals surface area contributed by atoms with E-state index < -0.39 is 0 Å². The molecule has 3 heterocycles. The minimum Gasteiger partial charge on any atom is -0.497 e. The molecule has 2 aromatic carbocycles. The van der Waals surface area contributed by atoms with Gasteiger partial charge in [-0.25, -0.2) is 0 Å². The Hall–Kier alpha value is -3.52. The summed E-state index contributed by atoms with van der Waals surface area (Å²) < 4.78 is 22.9. The number of nitrogens with zero attached hydrogens (tertiary/aromatic N) is 1. The van der Waals surface area contributed by atoms with Gasteiger partial charge >= 0.3 is 0 Å². The van der Waals surface area contributed by atoms with Crippen molar-refractivity contribution in [2.24, 2.45) is 5.92 Å². The highest BCUT2D eigenvalue weighted by Gasteiger charge is 2.27. The number of anilines is 1. The third kappa shape index (κ3) is 4.80. The van der Waals surface area contributed by atoms with Crippen molar-refractivity contribution >= 4 is 11.6 Å². The molecular weight excluding hydrogens is 422 g/mol. The van der Waals surface area contributed by atoms with Crippen molar-refractivity contribution < 1.29 is 23.7 Å². The third-order valence-corrected chi connectivity index (χ3v) is 6.06. The molecule has 0 bridgehead atoms. The Balaban J connectivity index is 1.33. The first-order valence-corrected chi connectivity index (χ1v) is 11.2. The standard InChI is InChI=1S/C25H27N3O5/c1-30-20-5-7-23-17(10-20)9-18(14-32-23)25(29)28-22-6-4-16(19-12-26-27-13-19)11-24(22)33-15-21-3-2-8-31-21/h4-7,10-13,18,21H,2-3,8-9,14-15H2,1H3,(H,26,27)(H,28,29)/t18-,21+/m0/s1. The van der Waals surface area contributed by atoms with Crippen LogP contribution in [0.25, 0.3) is 11.1 Å². The maximum Gasteiger partial charge on any atom is 0.231 e. The summed E-state index contributed by atoms with van der Waals surface area (Å²) >= 11 is 0. The van der Waals surface area contributed by atoms with Crippen molar-refractivity contribution in [3.63, 3.8) is 0 Å². The van der Waals surface area contributed by atoms with Crippen molar-refractivity contribution in [1.29, 1.82) is 0 Å². The van der Waals surface area contributed by atoms with Crippen molar-refractivity contribution in [2.75, 3.05) is 32.2 Å². The number of methoxy groups -OCH3 is 1. The summed E-state index contributed by atoms with van der Waals surface area (Å²) in [6.07, 6.45) is 6.25. The van der Waals surface area contributed by atoms with E-state index in [2.05, 4.69) is 15.5 Å². The van der Waals surface area contributed by atoms with Crippen molar-refractivity contribution in [1.82, 2.24) is 10.2 Å². The monoisotopic (exact) mass is 449 g/mol. The summed E-state index contributed by atoms with van der Waals surface area (Å²) in [7, 11) is 1.63. The molecule has 2 N–H and O–H groups in total. The van der Waals surface area contributed by atoms with Crippen LogP contribution in [0.4, 0.5) is 5.69 Å². The van der Waals surface area contributed by atoms with Gasteiger partial charge in [0, 0.05) is 18.4 Å². The van der Waals surface area contributed by atoms with Crippen LogP contribution < -0.4 is 19.5 Å². The summed E-state index contributed by atoms with van der Waals surface area (Å²) in [5, 5.41) is 9.90. The van der Waals surface area contributed by atoms with E-state index in [0.717, 1.165) is 47.6 Å². The molecule has 0 radical (unpaired) electrons. The predicted molar refractivity (Wildman–Crippen MR) is 123 cm³/mol. The molecule has 0 aliphatic carbocycles. The molecule has 172 valence electrons. The second kappa shape index (κ2) is 9.54. The molecule has 1 amide bonds. The SMILES string of the molecule is COc1ccc2c(c1)C[C@H](C(=O)Nc1ccc(-c3cn[nH]c3)cc1OC[C@H]1CCCO1)CO2. The van der Waals surface area contributed by atoms with Crippen molar-refractivity contribution in [3.05, 3.63) is 54.4 Å². The fraction of sp³-hybridized carbons (Fsp3) is 0.360. The van der Waals surface area contributed by atoms with Gasteiger partial charge in [-0.2, -0.15) is 5.10 Å². The van der Waals surface area contributed by atoms with Crippen LogP contribution in [0, 0.1) is 5.92 Å². The first kappa shape index (κ1) is 21.3. The van der Waals surface area contributed by atoms with Gasteiger partial charge in [0.25, 0.3) is 0 Å². The second-order valence-corrected chi connectivity index (χ2v) is 8.32. The molecule has 3 aromatic rings. The van der Waals surface area contributed by atoms with Gasteiger partial charge in [-0.3, -0.25) is 9.89 Å². The maximum atomic E-state index is 13.1. The molecule has 5 rings (SSSR count). The van der Waals surface area contributed by atoms with Crippen LogP contribution in [-0.4, -0.2) is 49.1 Å². The van der Waals surface area contributed by atoms with Crippen LogP contribution in [0.15, 0.2) is 48.8 Å². The zero-order chi connectivity index (χ0) is 22.6. The molecule has 33 heavy (non-hydrogen) atoms. The number of carbonyl (C=O) groups is 1. The van der Waals surface area contributed by atoms with E-state index in [1.54, 1.807) is 13.3 Å². The number of H-pyrrole nitrogens is 1. The van der Waals surface area contributed by atoms with E-state index in [9.17, 15) is 4.79 Å². The van der Waals surface area contributed by atoms with Crippen LogP contribution in [0.3, 0.4) is 0 Å². The molecule has 2 aliphatic heterocycles. The third-order valence-electron chi connectivity index (χ3n) is 6.06. The summed E-state index contributed by atoms with van der Waals surface area (Å²) in [5.41, 5.74) is 3.49. The number of aromatic amines is 1. The maximum absolute atomic E-state index is 13.1. The number of aromatic nitrogens is 2. The van der Waals surface area contributed by atoms with Gasteiger partial charge in [0.2, 0.25) is 5.91 Å². The average Bonchev–Trinajstić information content (AvgIpc) is 3.57. The quantitative estimate of drug-likeness (QED) is 0.569. The van der Waals surface area contributed by atoms with Crippen molar-refractivity contribution in [2.45, 2.75) is 25.4 Å². The predicted octanol–water partition coefficient (Wildman–Crippen LogP) is 3.83. The lowest BCUT2D eigenvalue weighted by Gasteiger charge is -2.25. The first-order chi connectivity index (χ1) is 16.2. The molecule has 2 aliphatic rings. The fourth-order valence-electron chi connectivity index (χ4n) is 4.19.